The van der Waals surface area contributed by atoms with Crippen LogP contribution in [0.4, 0.5) is 0 Å². The molecule has 1 atom stereocenters. The summed E-state index contributed by atoms with van der Waals surface area (Å²) in [6.45, 7) is 10.5. The van der Waals surface area contributed by atoms with Gasteiger partial charge in [0.25, 0.3) is 0 Å². The molecule has 0 radical (unpaired) electrons. The van der Waals surface area contributed by atoms with Crippen LogP contribution in [-0.4, -0.2) is 24.0 Å². The summed E-state index contributed by atoms with van der Waals surface area (Å²) in [7, 11) is 0. The van der Waals surface area contributed by atoms with E-state index in [2.05, 4.69) is 38.7 Å². The second kappa shape index (κ2) is 6.91. The molecule has 0 fully saturated rings. The van der Waals surface area contributed by atoms with Crippen molar-refractivity contribution in [1.82, 2.24) is 4.90 Å². The van der Waals surface area contributed by atoms with Gasteiger partial charge in [0.2, 0.25) is 0 Å². The molecule has 13 heavy (non-hydrogen) atoms. The van der Waals surface area contributed by atoms with Gasteiger partial charge in [-0.05, 0) is 19.0 Å². The first-order valence-electron chi connectivity index (χ1n) is 5.38. The Morgan fingerprint density at radius 3 is 1.77 bits per heavy atom. The molecule has 0 aromatic carbocycles. The lowest BCUT2D eigenvalue weighted by molar-refractivity contribution is 0.191. The Labute approximate surface area is 82.5 Å². The van der Waals surface area contributed by atoms with Crippen LogP contribution in [0, 0.1) is 17.2 Å². The van der Waals surface area contributed by atoms with Crippen molar-refractivity contribution < 1.29 is 0 Å². The van der Waals surface area contributed by atoms with E-state index in [9.17, 15) is 0 Å². The SMILES string of the molecule is CCC(CC)C(C#N)N(CC)CC. The predicted octanol–water partition coefficient (Wildman–Crippen LogP) is 2.66. The van der Waals surface area contributed by atoms with E-state index in [0.717, 1.165) is 25.9 Å². The minimum absolute atomic E-state index is 0.116. The molecule has 2 nitrogen and oxygen atoms in total. The highest BCUT2D eigenvalue weighted by molar-refractivity contribution is 4.95. The van der Waals surface area contributed by atoms with Crippen LogP contribution in [0.25, 0.3) is 0 Å². The van der Waals surface area contributed by atoms with Crippen molar-refractivity contribution in [3.8, 4) is 6.07 Å². The summed E-state index contributed by atoms with van der Waals surface area (Å²) in [5.41, 5.74) is 0. The van der Waals surface area contributed by atoms with Gasteiger partial charge in [-0.25, -0.2) is 0 Å². The van der Waals surface area contributed by atoms with E-state index in [1.807, 2.05) is 0 Å². The highest BCUT2D eigenvalue weighted by Gasteiger charge is 2.22. The van der Waals surface area contributed by atoms with Crippen molar-refractivity contribution in [2.24, 2.45) is 5.92 Å². The van der Waals surface area contributed by atoms with Crippen LogP contribution < -0.4 is 0 Å². The Kier molecular flexibility index (Phi) is 6.62. The standard InChI is InChI=1S/C11H22N2/c1-5-10(6-2)11(9-12)13(7-3)8-4/h10-11H,5-8H2,1-4H3. The zero-order valence-electron chi connectivity index (χ0n) is 9.38. The van der Waals surface area contributed by atoms with E-state index in [1.165, 1.54) is 0 Å². The molecule has 76 valence electrons. The monoisotopic (exact) mass is 182 g/mol. The van der Waals surface area contributed by atoms with Gasteiger partial charge in [-0.2, -0.15) is 5.26 Å². The average molecular weight is 182 g/mol. The number of hydrogen-bond donors (Lipinski definition) is 0. The maximum atomic E-state index is 9.10. The van der Waals surface area contributed by atoms with Gasteiger partial charge in [-0.3, -0.25) is 4.90 Å². The van der Waals surface area contributed by atoms with Crippen molar-refractivity contribution in [2.75, 3.05) is 13.1 Å². The van der Waals surface area contributed by atoms with E-state index < -0.39 is 0 Å². The molecular formula is C11H22N2. The molecule has 2 heteroatoms. The molecule has 0 aliphatic carbocycles. The topological polar surface area (TPSA) is 27.0 Å². The largest absolute Gasteiger partial charge is 0.288 e. The lowest BCUT2D eigenvalue weighted by atomic mass is 9.94. The molecule has 1 unspecified atom stereocenters. The summed E-state index contributed by atoms with van der Waals surface area (Å²) in [5, 5.41) is 9.10. The molecule has 0 N–H and O–H groups in total. The minimum atomic E-state index is 0.116. The second-order valence-electron chi connectivity index (χ2n) is 3.37. The van der Waals surface area contributed by atoms with Crippen molar-refractivity contribution in [3.05, 3.63) is 0 Å². The summed E-state index contributed by atoms with van der Waals surface area (Å²) >= 11 is 0. The highest BCUT2D eigenvalue weighted by Crippen LogP contribution is 2.17. The number of hydrogen-bond acceptors (Lipinski definition) is 2. The Morgan fingerprint density at radius 2 is 1.54 bits per heavy atom. The van der Waals surface area contributed by atoms with Gasteiger partial charge in [-0.1, -0.05) is 40.5 Å². The van der Waals surface area contributed by atoms with Crippen LogP contribution in [0.1, 0.15) is 40.5 Å². The predicted molar refractivity (Wildman–Crippen MR) is 56.4 cm³/mol. The molecule has 0 spiro atoms. The van der Waals surface area contributed by atoms with Crippen LogP contribution in [-0.2, 0) is 0 Å². The molecule has 0 heterocycles. The number of rotatable bonds is 6. The summed E-state index contributed by atoms with van der Waals surface area (Å²) in [6.07, 6.45) is 2.20. The first-order valence-corrected chi connectivity index (χ1v) is 5.38. The van der Waals surface area contributed by atoms with Gasteiger partial charge >= 0.3 is 0 Å². The number of nitriles is 1. The smallest absolute Gasteiger partial charge is 0.101 e. The average Bonchev–Trinajstić information content (AvgIpc) is 2.18. The van der Waals surface area contributed by atoms with E-state index in [1.54, 1.807) is 0 Å². The van der Waals surface area contributed by atoms with E-state index in [4.69, 9.17) is 5.26 Å². The van der Waals surface area contributed by atoms with Crippen LogP contribution in [0.3, 0.4) is 0 Å². The van der Waals surface area contributed by atoms with Crippen LogP contribution in [0.15, 0.2) is 0 Å². The normalized spacial score (nSPS) is 13.3. The van der Waals surface area contributed by atoms with Crippen molar-refractivity contribution >= 4 is 0 Å². The molecule has 0 aromatic heterocycles. The molecule has 0 aliphatic rings. The highest BCUT2D eigenvalue weighted by atomic mass is 15.1. The third-order valence-corrected chi connectivity index (χ3v) is 2.83. The van der Waals surface area contributed by atoms with Crippen LogP contribution in [0.5, 0.6) is 0 Å². The van der Waals surface area contributed by atoms with Gasteiger partial charge in [0, 0.05) is 0 Å². The maximum absolute atomic E-state index is 9.10. The fourth-order valence-corrected chi connectivity index (χ4v) is 1.84. The lowest BCUT2D eigenvalue weighted by Crippen LogP contribution is -2.39. The molecular weight excluding hydrogens is 160 g/mol. The zero-order valence-corrected chi connectivity index (χ0v) is 9.38. The molecule has 0 saturated heterocycles. The quantitative estimate of drug-likeness (QED) is 0.631. The van der Waals surface area contributed by atoms with Crippen molar-refractivity contribution in [2.45, 2.75) is 46.6 Å². The summed E-state index contributed by atoms with van der Waals surface area (Å²) in [6, 6.07) is 2.55. The first kappa shape index (κ1) is 12.4. The molecule has 0 amide bonds. The fourth-order valence-electron chi connectivity index (χ4n) is 1.84. The Balaban J connectivity index is 4.37. The second-order valence-corrected chi connectivity index (χ2v) is 3.37. The van der Waals surface area contributed by atoms with Crippen LogP contribution in [0.2, 0.25) is 0 Å². The third kappa shape index (κ3) is 3.36. The lowest BCUT2D eigenvalue weighted by Gasteiger charge is -2.29. The Bertz CT molecular complexity index is 140. The van der Waals surface area contributed by atoms with E-state index in [0.29, 0.717) is 5.92 Å². The fraction of sp³-hybridized carbons (Fsp3) is 0.909. The Hall–Kier alpha value is -0.550. The van der Waals surface area contributed by atoms with E-state index in [-0.39, 0.29) is 6.04 Å². The molecule has 0 bridgehead atoms. The van der Waals surface area contributed by atoms with Gasteiger partial charge in [0.05, 0.1) is 6.07 Å². The van der Waals surface area contributed by atoms with Gasteiger partial charge < -0.3 is 0 Å². The Morgan fingerprint density at radius 1 is 1.08 bits per heavy atom. The van der Waals surface area contributed by atoms with Crippen molar-refractivity contribution in [1.29, 1.82) is 5.26 Å². The zero-order chi connectivity index (χ0) is 10.3. The summed E-state index contributed by atoms with van der Waals surface area (Å²) in [4.78, 5) is 2.25. The van der Waals surface area contributed by atoms with Gasteiger partial charge in [-0.15, -0.1) is 0 Å². The number of nitrogens with zero attached hydrogens (tertiary/aromatic N) is 2. The minimum Gasteiger partial charge on any atom is -0.288 e. The van der Waals surface area contributed by atoms with E-state index >= 15 is 0 Å². The van der Waals surface area contributed by atoms with Crippen molar-refractivity contribution in [3.63, 3.8) is 0 Å². The summed E-state index contributed by atoms with van der Waals surface area (Å²) < 4.78 is 0. The third-order valence-electron chi connectivity index (χ3n) is 2.83. The van der Waals surface area contributed by atoms with Gasteiger partial charge in [0.1, 0.15) is 6.04 Å². The molecule has 0 aromatic rings. The molecule has 0 rings (SSSR count). The molecule has 0 saturated carbocycles. The molecule has 0 aliphatic heterocycles. The summed E-state index contributed by atoms with van der Waals surface area (Å²) in [5.74, 6) is 0.532. The maximum Gasteiger partial charge on any atom is 0.101 e. The first-order chi connectivity index (χ1) is 6.24. The van der Waals surface area contributed by atoms with Gasteiger partial charge in [0.15, 0.2) is 0 Å². The van der Waals surface area contributed by atoms with Crippen LogP contribution >= 0.6 is 0 Å².